The highest BCUT2D eigenvalue weighted by Crippen LogP contribution is 2.18. The van der Waals surface area contributed by atoms with Crippen molar-refractivity contribution in [1.82, 2.24) is 4.98 Å². The first-order valence-corrected chi connectivity index (χ1v) is 6.09. The van der Waals surface area contributed by atoms with Crippen molar-refractivity contribution < 1.29 is 38.0 Å². The maximum Gasteiger partial charge on any atom is 0.411 e. The van der Waals surface area contributed by atoms with Gasteiger partial charge in [-0.3, -0.25) is 5.32 Å². The van der Waals surface area contributed by atoms with Crippen LogP contribution in [0, 0.1) is 0 Å². The van der Waals surface area contributed by atoms with E-state index in [4.69, 9.17) is 27.9 Å². The zero-order valence-corrected chi connectivity index (χ0v) is 14.6. The molecule has 19 heavy (non-hydrogen) atoms. The van der Waals surface area contributed by atoms with Gasteiger partial charge in [-0.05, 0) is 12.1 Å². The fourth-order valence-electron chi connectivity index (χ4n) is 1.10. The standard InChI is InChI=1S/C11H15Cl2N3O2.HI/c1-16(2,3)4-5-18-11(17)14-8-6-9(12)15-10(13)7-8;/h6-7H,4-5H2,1-3H3;1H. The molecule has 1 heterocycles. The second kappa shape index (κ2) is 8.08. The van der Waals surface area contributed by atoms with E-state index in [0.29, 0.717) is 12.3 Å². The molecule has 0 unspecified atom stereocenters. The molecule has 1 amide bonds. The topological polar surface area (TPSA) is 51.2 Å². The average molecular weight is 420 g/mol. The second-order valence-corrected chi connectivity index (χ2v) is 5.55. The molecule has 108 valence electrons. The quantitative estimate of drug-likeness (QED) is 0.412. The van der Waals surface area contributed by atoms with Gasteiger partial charge in [0, 0.05) is 0 Å². The highest BCUT2D eigenvalue weighted by Gasteiger charge is 2.10. The van der Waals surface area contributed by atoms with Crippen molar-refractivity contribution >= 4 is 35.0 Å². The number of likely N-dealkylation sites (N-methyl/N-ethyl adjacent to an activating group) is 1. The third-order valence-electron chi connectivity index (χ3n) is 2.00. The van der Waals surface area contributed by atoms with Crippen LogP contribution < -0.4 is 29.3 Å². The molecule has 0 atom stereocenters. The van der Waals surface area contributed by atoms with Gasteiger partial charge in [-0.25, -0.2) is 9.78 Å². The summed E-state index contributed by atoms with van der Waals surface area (Å²) in [5, 5.41) is 2.96. The molecular weight excluding hydrogens is 404 g/mol. The molecule has 1 N–H and O–H groups in total. The number of nitrogens with zero attached hydrogens (tertiary/aromatic N) is 2. The van der Waals surface area contributed by atoms with E-state index in [-0.39, 0.29) is 34.3 Å². The minimum Gasteiger partial charge on any atom is -1.00 e. The van der Waals surface area contributed by atoms with E-state index >= 15 is 0 Å². The average Bonchev–Trinajstić information content (AvgIpc) is 2.12. The molecule has 0 aliphatic rings. The smallest absolute Gasteiger partial charge is 0.411 e. The molecule has 0 aliphatic carbocycles. The largest absolute Gasteiger partial charge is 1.00 e. The number of amides is 1. The van der Waals surface area contributed by atoms with Gasteiger partial charge in [0.25, 0.3) is 0 Å². The molecule has 0 bridgehead atoms. The predicted octanol–water partition coefficient (Wildman–Crippen LogP) is -0.353. The van der Waals surface area contributed by atoms with Gasteiger partial charge in [0.05, 0.1) is 26.8 Å². The van der Waals surface area contributed by atoms with E-state index in [1.54, 1.807) is 0 Å². The van der Waals surface area contributed by atoms with Crippen LogP contribution in [-0.4, -0.2) is 49.9 Å². The van der Waals surface area contributed by atoms with Crippen molar-refractivity contribution in [2.24, 2.45) is 0 Å². The summed E-state index contributed by atoms with van der Waals surface area (Å²) < 4.78 is 5.75. The highest BCUT2D eigenvalue weighted by atomic mass is 127. The van der Waals surface area contributed by atoms with Crippen molar-refractivity contribution in [3.63, 3.8) is 0 Å². The van der Waals surface area contributed by atoms with E-state index in [1.807, 2.05) is 21.1 Å². The van der Waals surface area contributed by atoms with Gasteiger partial charge in [0.1, 0.15) is 23.5 Å². The molecule has 1 rings (SSSR count). The van der Waals surface area contributed by atoms with Gasteiger partial charge in [-0.1, -0.05) is 23.2 Å². The van der Waals surface area contributed by atoms with E-state index in [2.05, 4.69) is 10.3 Å². The summed E-state index contributed by atoms with van der Waals surface area (Å²) in [6.07, 6.45) is -0.540. The highest BCUT2D eigenvalue weighted by molar-refractivity contribution is 6.32. The summed E-state index contributed by atoms with van der Waals surface area (Å²) >= 11 is 11.4. The third-order valence-corrected chi connectivity index (χ3v) is 2.39. The van der Waals surface area contributed by atoms with E-state index in [1.165, 1.54) is 12.1 Å². The number of anilines is 1. The molecule has 1 aromatic rings. The molecule has 8 heteroatoms. The Morgan fingerprint density at radius 3 is 2.32 bits per heavy atom. The lowest BCUT2D eigenvalue weighted by Crippen LogP contribution is -3.00. The number of quaternary nitrogens is 1. The fourth-order valence-corrected chi connectivity index (χ4v) is 1.56. The first kappa shape index (κ1) is 18.7. The van der Waals surface area contributed by atoms with Gasteiger partial charge < -0.3 is 33.2 Å². The Kier molecular flexibility index (Phi) is 7.95. The first-order chi connectivity index (χ1) is 8.26. The maximum atomic E-state index is 11.5. The van der Waals surface area contributed by atoms with Gasteiger partial charge >= 0.3 is 6.09 Å². The van der Waals surface area contributed by atoms with Crippen molar-refractivity contribution in [2.45, 2.75) is 0 Å². The van der Waals surface area contributed by atoms with E-state index in [0.717, 1.165) is 11.0 Å². The maximum absolute atomic E-state index is 11.5. The molecule has 0 aliphatic heterocycles. The Labute approximate surface area is 139 Å². The first-order valence-electron chi connectivity index (χ1n) is 5.33. The summed E-state index contributed by atoms with van der Waals surface area (Å²) in [4.78, 5) is 15.2. The molecule has 0 spiro atoms. The Bertz CT molecular complexity index is 418. The van der Waals surface area contributed by atoms with Crippen LogP contribution in [0.5, 0.6) is 0 Å². The number of carbonyl (C=O) groups is 1. The monoisotopic (exact) mass is 419 g/mol. The van der Waals surface area contributed by atoms with Crippen LogP contribution in [0.4, 0.5) is 10.5 Å². The molecule has 1 aromatic heterocycles. The number of aromatic nitrogens is 1. The van der Waals surface area contributed by atoms with E-state index < -0.39 is 6.09 Å². The normalized spacial score (nSPS) is 10.6. The zero-order chi connectivity index (χ0) is 13.8. The Morgan fingerprint density at radius 1 is 1.32 bits per heavy atom. The van der Waals surface area contributed by atoms with Crippen LogP contribution in [0.3, 0.4) is 0 Å². The third kappa shape index (κ3) is 8.46. The summed E-state index contributed by atoms with van der Waals surface area (Å²) in [5.41, 5.74) is 0.454. The zero-order valence-electron chi connectivity index (χ0n) is 10.9. The number of hydrogen-bond donors (Lipinski definition) is 1. The van der Waals surface area contributed by atoms with Crippen molar-refractivity contribution in [3.05, 3.63) is 22.4 Å². The minimum atomic E-state index is -0.540. The SMILES string of the molecule is C[N+](C)(C)CCOC(=O)Nc1cc(Cl)nc(Cl)c1.[I-]. The second-order valence-electron chi connectivity index (χ2n) is 4.78. The molecule has 0 saturated carbocycles. The lowest BCUT2D eigenvalue weighted by atomic mass is 10.4. The lowest BCUT2D eigenvalue weighted by molar-refractivity contribution is -0.870. The number of pyridine rings is 1. The summed E-state index contributed by atoms with van der Waals surface area (Å²) in [6.45, 7) is 1.06. The number of ether oxygens (including phenoxy) is 1. The Balaban J connectivity index is 0.00000324. The van der Waals surface area contributed by atoms with Crippen molar-refractivity contribution in [2.75, 3.05) is 39.6 Å². The summed E-state index contributed by atoms with van der Waals surface area (Å²) in [6, 6.07) is 2.99. The summed E-state index contributed by atoms with van der Waals surface area (Å²) in [7, 11) is 6.05. The van der Waals surface area contributed by atoms with Crippen molar-refractivity contribution in [3.8, 4) is 0 Å². The van der Waals surface area contributed by atoms with Crippen LogP contribution in [0.15, 0.2) is 12.1 Å². The Morgan fingerprint density at radius 2 is 1.84 bits per heavy atom. The summed E-state index contributed by atoms with van der Waals surface area (Å²) in [5.74, 6) is 0. The Hall–Kier alpha value is -0.310. The number of halogens is 3. The van der Waals surface area contributed by atoms with Gasteiger partial charge in [-0.15, -0.1) is 0 Å². The number of carbonyl (C=O) groups excluding carboxylic acids is 1. The van der Waals surface area contributed by atoms with Crippen LogP contribution in [0.25, 0.3) is 0 Å². The predicted molar refractivity (Wildman–Crippen MR) is 72.1 cm³/mol. The van der Waals surface area contributed by atoms with Gasteiger partial charge in [0.2, 0.25) is 0 Å². The van der Waals surface area contributed by atoms with E-state index in [9.17, 15) is 4.79 Å². The van der Waals surface area contributed by atoms with Crippen molar-refractivity contribution in [1.29, 1.82) is 0 Å². The van der Waals surface area contributed by atoms with Crippen LogP contribution >= 0.6 is 23.2 Å². The van der Waals surface area contributed by atoms with Gasteiger partial charge in [-0.2, -0.15) is 0 Å². The number of hydrogen-bond acceptors (Lipinski definition) is 3. The van der Waals surface area contributed by atoms with Crippen LogP contribution in [0.1, 0.15) is 0 Å². The molecule has 0 saturated heterocycles. The number of rotatable bonds is 4. The minimum absolute atomic E-state index is 0. The van der Waals surface area contributed by atoms with Crippen LogP contribution in [0.2, 0.25) is 10.3 Å². The molecule has 0 aromatic carbocycles. The number of nitrogens with one attached hydrogen (secondary N) is 1. The molecule has 5 nitrogen and oxygen atoms in total. The molecule has 0 fully saturated rings. The molecular formula is C11H16Cl2IN3O2. The van der Waals surface area contributed by atoms with Gasteiger partial charge in [0.15, 0.2) is 0 Å². The van der Waals surface area contributed by atoms with Crippen LogP contribution in [-0.2, 0) is 4.74 Å². The molecule has 0 radical (unpaired) electrons. The fraction of sp³-hybridized carbons (Fsp3) is 0.455. The lowest BCUT2D eigenvalue weighted by Gasteiger charge is -2.23.